The van der Waals surface area contributed by atoms with Crippen molar-refractivity contribution in [3.63, 3.8) is 0 Å². The molecular formula is C31H37N4O3. The first-order chi connectivity index (χ1) is 18.5. The van der Waals surface area contributed by atoms with Gasteiger partial charge in [0, 0.05) is 49.7 Å². The van der Waals surface area contributed by atoms with Crippen LogP contribution in [0.3, 0.4) is 0 Å². The van der Waals surface area contributed by atoms with Crippen molar-refractivity contribution >= 4 is 17.5 Å². The molecule has 1 atom stereocenters. The zero-order valence-electron chi connectivity index (χ0n) is 22.0. The Kier molecular flexibility index (Phi) is 9.73. The van der Waals surface area contributed by atoms with Gasteiger partial charge >= 0.3 is 0 Å². The van der Waals surface area contributed by atoms with Crippen molar-refractivity contribution in [3.8, 4) is 5.75 Å². The van der Waals surface area contributed by atoms with Gasteiger partial charge in [0.1, 0.15) is 12.4 Å². The molecule has 0 bridgehead atoms. The van der Waals surface area contributed by atoms with E-state index in [1.807, 2.05) is 66.4 Å². The van der Waals surface area contributed by atoms with Crippen LogP contribution in [0, 0.1) is 12.3 Å². The van der Waals surface area contributed by atoms with Crippen LogP contribution < -0.4 is 15.4 Å². The molecule has 0 saturated carbocycles. The molecule has 3 aromatic rings. The number of benzene rings is 2. The Labute approximate surface area is 225 Å². The number of primary amides is 1. The number of likely N-dealkylation sites (tertiary alicyclic amines) is 1. The minimum absolute atomic E-state index is 0.0779. The number of aromatic nitrogens is 1. The highest BCUT2D eigenvalue weighted by molar-refractivity contribution is 5.85. The van der Waals surface area contributed by atoms with Crippen LogP contribution in [0.5, 0.6) is 5.75 Å². The van der Waals surface area contributed by atoms with Crippen molar-refractivity contribution in [1.29, 1.82) is 0 Å². The monoisotopic (exact) mass is 513 g/mol. The summed E-state index contributed by atoms with van der Waals surface area (Å²) < 4.78 is 5.97. The standard InChI is InChI=1S/C31H37N4O3/c1-24(31(32)37)15-22-35(27-8-10-29(11-9-27)38-23-26-5-3-2-4-6-26)28-16-20-34(21-17-28)30(36)12-7-25-13-18-33-19-14-25/h2-6,8-14,18-19,24,28H,7,15-17,20-23H2,1H3,(H2,32,37). The third kappa shape index (κ3) is 7.81. The largest absolute Gasteiger partial charge is 0.489 e. The summed E-state index contributed by atoms with van der Waals surface area (Å²) in [4.78, 5) is 32.8. The van der Waals surface area contributed by atoms with Gasteiger partial charge in [0.25, 0.3) is 0 Å². The summed E-state index contributed by atoms with van der Waals surface area (Å²) in [6.07, 6.45) is 8.27. The van der Waals surface area contributed by atoms with Crippen LogP contribution in [0.15, 0.2) is 79.1 Å². The number of hydrogen-bond donors (Lipinski definition) is 1. The second-order valence-electron chi connectivity index (χ2n) is 9.87. The number of nitrogens with zero attached hydrogens (tertiary/aromatic N) is 3. The topological polar surface area (TPSA) is 88.8 Å². The van der Waals surface area contributed by atoms with Gasteiger partial charge in [0.15, 0.2) is 0 Å². The van der Waals surface area contributed by atoms with Crippen molar-refractivity contribution in [2.75, 3.05) is 24.5 Å². The van der Waals surface area contributed by atoms with Gasteiger partial charge in [-0.3, -0.25) is 14.6 Å². The molecule has 1 aliphatic rings. The lowest BCUT2D eigenvalue weighted by Crippen LogP contribution is -2.47. The molecule has 1 saturated heterocycles. The molecule has 2 amide bonds. The van der Waals surface area contributed by atoms with E-state index in [4.69, 9.17) is 10.5 Å². The van der Waals surface area contributed by atoms with Crippen LogP contribution in [0.1, 0.15) is 37.3 Å². The van der Waals surface area contributed by atoms with Gasteiger partial charge in [0.2, 0.25) is 11.8 Å². The van der Waals surface area contributed by atoms with Gasteiger partial charge in [-0.1, -0.05) is 37.3 Å². The van der Waals surface area contributed by atoms with Crippen molar-refractivity contribution < 1.29 is 14.3 Å². The van der Waals surface area contributed by atoms with Gasteiger partial charge in [-0.2, -0.15) is 0 Å². The molecule has 2 aromatic carbocycles. The maximum absolute atomic E-state index is 12.8. The quantitative estimate of drug-likeness (QED) is 0.387. The van der Waals surface area contributed by atoms with Gasteiger partial charge in [-0.15, -0.1) is 0 Å². The summed E-state index contributed by atoms with van der Waals surface area (Å²) in [5, 5.41) is 0. The summed E-state index contributed by atoms with van der Waals surface area (Å²) in [6, 6.07) is 22.4. The Hall–Kier alpha value is -3.87. The summed E-state index contributed by atoms with van der Waals surface area (Å²) in [5.74, 6) is 0.414. The van der Waals surface area contributed by atoms with Crippen molar-refractivity contribution in [3.05, 3.63) is 96.7 Å². The Morgan fingerprint density at radius 1 is 1.03 bits per heavy atom. The number of rotatable bonds is 12. The van der Waals surface area contributed by atoms with E-state index in [1.165, 1.54) is 0 Å². The SMILES string of the molecule is CC(CCN(c1ccc(OCc2ccccc2)cc1)C1CCN(C(=O)[CH]Cc2ccncc2)CC1)C(N)=O. The predicted octanol–water partition coefficient (Wildman–Crippen LogP) is 4.42. The number of ether oxygens (including phenoxy) is 1. The molecule has 0 spiro atoms. The lowest BCUT2D eigenvalue weighted by Gasteiger charge is -2.40. The van der Waals surface area contributed by atoms with E-state index < -0.39 is 0 Å². The maximum atomic E-state index is 12.8. The van der Waals surface area contributed by atoms with Crippen molar-refractivity contribution in [2.24, 2.45) is 11.7 Å². The van der Waals surface area contributed by atoms with E-state index in [0.717, 1.165) is 42.0 Å². The molecule has 4 rings (SSSR count). The summed E-state index contributed by atoms with van der Waals surface area (Å²) >= 11 is 0. The highest BCUT2D eigenvalue weighted by Gasteiger charge is 2.27. The molecule has 1 radical (unpaired) electrons. The molecule has 2 heterocycles. The Balaban J connectivity index is 1.35. The summed E-state index contributed by atoms with van der Waals surface area (Å²) in [5.41, 5.74) is 8.82. The molecule has 2 N–H and O–H groups in total. The molecule has 1 aliphatic heterocycles. The van der Waals surface area contributed by atoms with Gasteiger partial charge < -0.3 is 20.3 Å². The highest BCUT2D eigenvalue weighted by atomic mass is 16.5. The fourth-order valence-electron chi connectivity index (χ4n) is 4.72. The van der Waals surface area contributed by atoms with E-state index in [-0.39, 0.29) is 23.8 Å². The fourth-order valence-corrected chi connectivity index (χ4v) is 4.72. The van der Waals surface area contributed by atoms with Gasteiger partial charge in [-0.05, 0) is 73.2 Å². The van der Waals surface area contributed by atoms with E-state index >= 15 is 0 Å². The zero-order chi connectivity index (χ0) is 26.7. The van der Waals surface area contributed by atoms with E-state index in [2.05, 4.69) is 22.0 Å². The zero-order valence-corrected chi connectivity index (χ0v) is 22.0. The molecule has 38 heavy (non-hydrogen) atoms. The van der Waals surface area contributed by atoms with Crippen LogP contribution in [0.2, 0.25) is 0 Å². The highest BCUT2D eigenvalue weighted by Crippen LogP contribution is 2.27. The number of carbonyl (C=O) groups excluding carboxylic acids is 2. The predicted molar refractivity (Wildman–Crippen MR) is 149 cm³/mol. The first kappa shape index (κ1) is 27.2. The molecule has 0 aliphatic carbocycles. The maximum Gasteiger partial charge on any atom is 0.226 e. The number of amides is 2. The summed E-state index contributed by atoms with van der Waals surface area (Å²) in [7, 11) is 0. The molecule has 1 fully saturated rings. The second kappa shape index (κ2) is 13.6. The fraction of sp³-hybridized carbons (Fsp3) is 0.355. The summed E-state index contributed by atoms with van der Waals surface area (Å²) in [6.45, 7) is 4.53. The lowest BCUT2D eigenvalue weighted by atomic mass is 9.99. The minimum Gasteiger partial charge on any atom is -0.489 e. The number of anilines is 1. The van der Waals surface area contributed by atoms with Crippen LogP contribution in [0.4, 0.5) is 5.69 Å². The van der Waals surface area contributed by atoms with Gasteiger partial charge in [-0.25, -0.2) is 0 Å². The smallest absolute Gasteiger partial charge is 0.226 e. The first-order valence-corrected chi connectivity index (χ1v) is 13.3. The molecule has 1 unspecified atom stereocenters. The number of nitrogens with two attached hydrogens (primary N) is 1. The molecule has 7 nitrogen and oxygen atoms in total. The number of pyridine rings is 1. The molecule has 199 valence electrons. The third-order valence-electron chi connectivity index (χ3n) is 7.18. The van der Waals surface area contributed by atoms with Crippen LogP contribution in [-0.4, -0.2) is 47.4 Å². The minimum atomic E-state index is -0.278. The van der Waals surface area contributed by atoms with E-state index in [1.54, 1.807) is 18.8 Å². The average molecular weight is 514 g/mol. The molecule has 1 aromatic heterocycles. The Bertz CT molecular complexity index is 1150. The molecule has 7 heteroatoms. The van der Waals surface area contributed by atoms with Crippen LogP contribution >= 0.6 is 0 Å². The number of carbonyl (C=O) groups is 2. The molecular weight excluding hydrogens is 476 g/mol. The third-order valence-corrected chi connectivity index (χ3v) is 7.18. The Morgan fingerprint density at radius 3 is 2.37 bits per heavy atom. The van der Waals surface area contributed by atoms with Crippen LogP contribution in [0.25, 0.3) is 0 Å². The van der Waals surface area contributed by atoms with Gasteiger partial charge in [0.05, 0.1) is 6.42 Å². The second-order valence-corrected chi connectivity index (χ2v) is 9.87. The lowest BCUT2D eigenvalue weighted by molar-refractivity contribution is -0.128. The Morgan fingerprint density at radius 2 is 1.71 bits per heavy atom. The number of piperidine rings is 1. The average Bonchev–Trinajstić information content (AvgIpc) is 2.96. The van der Waals surface area contributed by atoms with E-state index in [9.17, 15) is 9.59 Å². The number of hydrogen-bond acceptors (Lipinski definition) is 5. The first-order valence-electron chi connectivity index (χ1n) is 13.3. The van der Waals surface area contributed by atoms with Crippen LogP contribution in [-0.2, 0) is 22.6 Å². The van der Waals surface area contributed by atoms with Crippen molar-refractivity contribution in [1.82, 2.24) is 9.88 Å². The normalized spacial score (nSPS) is 14.6. The van der Waals surface area contributed by atoms with E-state index in [0.29, 0.717) is 32.5 Å². The van der Waals surface area contributed by atoms with Crippen molar-refractivity contribution in [2.45, 2.75) is 45.3 Å².